The summed E-state index contributed by atoms with van der Waals surface area (Å²) in [5.74, 6) is 0.0862. The first kappa shape index (κ1) is 20.7. The molecule has 2 N–H and O–H groups in total. The van der Waals surface area contributed by atoms with Gasteiger partial charge in [-0.05, 0) is 79.0 Å². The minimum absolute atomic E-state index is 0.0218. The summed E-state index contributed by atoms with van der Waals surface area (Å²) in [6.45, 7) is 10.5. The molecule has 3 nitrogen and oxygen atoms in total. The summed E-state index contributed by atoms with van der Waals surface area (Å²) in [5, 5.41) is 7.57. The fourth-order valence-electron chi connectivity index (χ4n) is 4.12. The van der Waals surface area contributed by atoms with E-state index in [2.05, 4.69) is 57.4 Å². The Labute approximate surface area is 173 Å². The van der Waals surface area contributed by atoms with Crippen molar-refractivity contribution >= 4 is 28.9 Å². The molecule has 1 aliphatic rings. The first-order chi connectivity index (χ1) is 13.1. The molecular formula is C24H31ClN2O. The van der Waals surface area contributed by atoms with E-state index < -0.39 is 0 Å². The van der Waals surface area contributed by atoms with Crippen LogP contribution in [0.4, 0.5) is 11.4 Å². The highest BCUT2D eigenvalue weighted by Gasteiger charge is 2.25. The lowest BCUT2D eigenvalue weighted by Crippen LogP contribution is -2.23. The van der Waals surface area contributed by atoms with Crippen LogP contribution in [0.1, 0.15) is 68.3 Å². The normalized spacial score (nSPS) is 16.4. The predicted octanol–water partition coefficient (Wildman–Crippen LogP) is 6.82. The number of amides is 1. The van der Waals surface area contributed by atoms with Crippen LogP contribution in [-0.4, -0.2) is 5.91 Å². The van der Waals surface area contributed by atoms with Crippen molar-refractivity contribution in [3.05, 3.63) is 57.6 Å². The van der Waals surface area contributed by atoms with Crippen LogP contribution < -0.4 is 10.6 Å². The molecule has 3 rings (SSSR count). The number of anilines is 2. The van der Waals surface area contributed by atoms with Crippen LogP contribution in [0.15, 0.2) is 30.3 Å². The van der Waals surface area contributed by atoms with Gasteiger partial charge in [0.15, 0.2) is 0 Å². The van der Waals surface area contributed by atoms with Gasteiger partial charge in [0, 0.05) is 22.8 Å². The van der Waals surface area contributed by atoms with Crippen molar-refractivity contribution in [3.8, 4) is 0 Å². The summed E-state index contributed by atoms with van der Waals surface area (Å²) in [4.78, 5) is 12.5. The lowest BCUT2D eigenvalue weighted by atomic mass is 9.83. The van der Waals surface area contributed by atoms with Crippen LogP contribution in [0.25, 0.3) is 0 Å². The van der Waals surface area contributed by atoms with Crippen molar-refractivity contribution in [1.29, 1.82) is 0 Å². The Bertz CT molecular complexity index is 883. The standard InChI is InChI=1S/C24H31ClN2O/c1-15-12-20-19(16(2)23(15)27-22(28)14-24(3,4)5)10-7-11-21(20)26-18-9-6-8-17(25)13-18/h6,8-9,12-13,21,26H,7,10-11,14H2,1-5H3,(H,27,28). The van der Waals surface area contributed by atoms with Crippen LogP contribution in [-0.2, 0) is 11.2 Å². The summed E-state index contributed by atoms with van der Waals surface area (Å²) in [7, 11) is 0. The van der Waals surface area contributed by atoms with Gasteiger partial charge in [0.1, 0.15) is 0 Å². The number of hydrogen-bond donors (Lipinski definition) is 2. The van der Waals surface area contributed by atoms with E-state index in [9.17, 15) is 4.79 Å². The predicted molar refractivity (Wildman–Crippen MR) is 119 cm³/mol. The second kappa shape index (κ2) is 8.16. The average molecular weight is 399 g/mol. The van der Waals surface area contributed by atoms with Gasteiger partial charge in [-0.15, -0.1) is 0 Å². The van der Waals surface area contributed by atoms with Crippen molar-refractivity contribution in [2.45, 2.75) is 66.3 Å². The van der Waals surface area contributed by atoms with Gasteiger partial charge >= 0.3 is 0 Å². The van der Waals surface area contributed by atoms with E-state index in [1.165, 1.54) is 16.7 Å². The highest BCUT2D eigenvalue weighted by atomic mass is 35.5. The van der Waals surface area contributed by atoms with Crippen LogP contribution in [0, 0.1) is 19.3 Å². The second-order valence-corrected chi connectivity index (χ2v) is 9.58. The van der Waals surface area contributed by atoms with E-state index in [0.29, 0.717) is 6.42 Å². The van der Waals surface area contributed by atoms with Crippen LogP contribution >= 0.6 is 11.6 Å². The highest BCUT2D eigenvalue weighted by Crippen LogP contribution is 2.39. The number of hydrogen-bond acceptors (Lipinski definition) is 2. The average Bonchev–Trinajstić information content (AvgIpc) is 2.58. The molecule has 1 atom stereocenters. The summed E-state index contributed by atoms with van der Waals surface area (Å²) in [5.41, 5.74) is 7.04. The SMILES string of the molecule is Cc1cc2c(c(C)c1NC(=O)CC(C)(C)C)CCCC2Nc1cccc(Cl)c1. The molecule has 4 heteroatoms. The molecule has 0 aromatic heterocycles. The maximum absolute atomic E-state index is 12.5. The number of rotatable bonds is 4. The molecule has 0 radical (unpaired) electrons. The molecule has 0 spiro atoms. The molecule has 2 aromatic rings. The van der Waals surface area contributed by atoms with Gasteiger partial charge in [0.05, 0.1) is 6.04 Å². The lowest BCUT2D eigenvalue weighted by Gasteiger charge is -2.31. The summed E-state index contributed by atoms with van der Waals surface area (Å²) < 4.78 is 0. The van der Waals surface area contributed by atoms with Crippen molar-refractivity contribution in [1.82, 2.24) is 0 Å². The first-order valence-corrected chi connectivity index (χ1v) is 10.5. The van der Waals surface area contributed by atoms with Gasteiger partial charge in [0.2, 0.25) is 5.91 Å². The molecule has 1 aliphatic carbocycles. The maximum atomic E-state index is 12.5. The van der Waals surface area contributed by atoms with Gasteiger partial charge in [0.25, 0.3) is 0 Å². The molecule has 0 bridgehead atoms. The smallest absolute Gasteiger partial charge is 0.224 e. The van der Waals surface area contributed by atoms with Crippen molar-refractivity contribution in [3.63, 3.8) is 0 Å². The van der Waals surface area contributed by atoms with Crippen LogP contribution in [0.2, 0.25) is 5.02 Å². The van der Waals surface area contributed by atoms with E-state index in [4.69, 9.17) is 11.6 Å². The third-order valence-electron chi connectivity index (χ3n) is 5.36. The lowest BCUT2D eigenvalue weighted by molar-refractivity contribution is -0.117. The minimum atomic E-state index is -0.0218. The Balaban J connectivity index is 1.88. The molecule has 1 unspecified atom stereocenters. The molecular weight excluding hydrogens is 368 g/mol. The maximum Gasteiger partial charge on any atom is 0.224 e. The van der Waals surface area contributed by atoms with Crippen LogP contribution in [0.5, 0.6) is 0 Å². The summed E-state index contributed by atoms with van der Waals surface area (Å²) in [6.07, 6.45) is 3.79. The van der Waals surface area contributed by atoms with E-state index in [-0.39, 0.29) is 17.4 Å². The molecule has 0 saturated carbocycles. The molecule has 150 valence electrons. The molecule has 2 aromatic carbocycles. The molecule has 28 heavy (non-hydrogen) atoms. The van der Waals surface area contributed by atoms with Gasteiger partial charge in [-0.25, -0.2) is 0 Å². The van der Waals surface area contributed by atoms with E-state index in [1.807, 2.05) is 18.2 Å². The number of fused-ring (bicyclic) bond motifs is 1. The quantitative estimate of drug-likeness (QED) is 0.593. The fourth-order valence-corrected chi connectivity index (χ4v) is 4.31. The molecule has 0 saturated heterocycles. The zero-order valence-electron chi connectivity index (χ0n) is 17.6. The number of benzene rings is 2. The minimum Gasteiger partial charge on any atom is -0.378 e. The Kier molecular flexibility index (Phi) is 6.04. The Morgan fingerprint density at radius 3 is 2.64 bits per heavy atom. The zero-order valence-corrected chi connectivity index (χ0v) is 18.3. The van der Waals surface area contributed by atoms with Gasteiger partial charge in [-0.3, -0.25) is 4.79 Å². The third-order valence-corrected chi connectivity index (χ3v) is 5.59. The number of halogens is 1. The topological polar surface area (TPSA) is 41.1 Å². The number of carbonyl (C=O) groups is 1. The Morgan fingerprint density at radius 2 is 1.96 bits per heavy atom. The van der Waals surface area contributed by atoms with E-state index in [1.54, 1.807) is 0 Å². The highest BCUT2D eigenvalue weighted by molar-refractivity contribution is 6.30. The van der Waals surface area contributed by atoms with Crippen molar-refractivity contribution in [2.24, 2.45) is 5.41 Å². The van der Waals surface area contributed by atoms with Crippen LogP contribution in [0.3, 0.4) is 0 Å². The van der Waals surface area contributed by atoms with Crippen molar-refractivity contribution < 1.29 is 4.79 Å². The van der Waals surface area contributed by atoms with E-state index in [0.717, 1.165) is 41.2 Å². The number of carbonyl (C=O) groups excluding carboxylic acids is 1. The largest absolute Gasteiger partial charge is 0.378 e. The monoisotopic (exact) mass is 398 g/mol. The Hall–Kier alpha value is -2.00. The fraction of sp³-hybridized carbons (Fsp3) is 0.458. The summed E-state index contributed by atoms with van der Waals surface area (Å²) in [6, 6.07) is 10.4. The van der Waals surface area contributed by atoms with E-state index >= 15 is 0 Å². The van der Waals surface area contributed by atoms with Crippen molar-refractivity contribution in [2.75, 3.05) is 10.6 Å². The molecule has 0 heterocycles. The summed E-state index contributed by atoms with van der Waals surface area (Å²) >= 11 is 6.15. The van der Waals surface area contributed by atoms with Gasteiger partial charge < -0.3 is 10.6 Å². The second-order valence-electron chi connectivity index (χ2n) is 9.15. The third kappa shape index (κ3) is 4.88. The molecule has 0 fully saturated rings. The molecule has 1 amide bonds. The zero-order chi connectivity index (χ0) is 20.5. The number of nitrogens with one attached hydrogen (secondary N) is 2. The first-order valence-electron chi connectivity index (χ1n) is 10.1. The van der Waals surface area contributed by atoms with Gasteiger partial charge in [-0.2, -0.15) is 0 Å². The van der Waals surface area contributed by atoms with Gasteiger partial charge in [-0.1, -0.05) is 44.5 Å². The Morgan fingerprint density at radius 1 is 1.21 bits per heavy atom. The molecule has 0 aliphatic heterocycles. The number of aryl methyl sites for hydroxylation is 1.